The Morgan fingerprint density at radius 3 is 2.65 bits per heavy atom. The molecule has 0 bridgehead atoms. The van der Waals surface area contributed by atoms with Gasteiger partial charge >= 0.3 is 0 Å². The molecule has 3 nitrogen and oxygen atoms in total. The van der Waals surface area contributed by atoms with E-state index in [0.717, 1.165) is 5.65 Å². The van der Waals surface area contributed by atoms with Crippen LogP contribution in [0.1, 0.15) is 5.69 Å². The van der Waals surface area contributed by atoms with Gasteiger partial charge in [0.25, 0.3) is 5.65 Å². The zero-order valence-corrected chi connectivity index (χ0v) is 9.81. The normalized spacial score (nSPS) is 10.9. The van der Waals surface area contributed by atoms with Gasteiger partial charge in [-0.2, -0.15) is 5.26 Å². The van der Waals surface area contributed by atoms with Crippen LogP contribution < -0.4 is 4.57 Å². The Balaban J connectivity index is 2.63. The molecule has 0 aliphatic rings. The van der Waals surface area contributed by atoms with Crippen LogP contribution in [0.5, 0.6) is 0 Å². The fraction of sp³-hybridized carbons (Fsp3) is 0.143. The van der Waals surface area contributed by atoms with E-state index in [-0.39, 0.29) is 0 Å². The highest BCUT2D eigenvalue weighted by Gasteiger charge is 2.18. The maximum absolute atomic E-state index is 9.06. The summed E-state index contributed by atoms with van der Waals surface area (Å²) in [6.45, 7) is 0. The molecule has 1 aromatic carbocycles. The molecule has 3 aromatic rings. The molecule has 3 heteroatoms. The number of rotatable bonds is 0. The Hall–Kier alpha value is -2.34. The first-order chi connectivity index (χ1) is 8.24. The molecule has 2 heterocycles. The van der Waals surface area contributed by atoms with Crippen molar-refractivity contribution in [1.82, 2.24) is 4.57 Å². The molecular weight excluding hydrogens is 210 g/mol. The van der Waals surface area contributed by atoms with Crippen molar-refractivity contribution in [2.75, 3.05) is 0 Å². The van der Waals surface area contributed by atoms with Gasteiger partial charge in [0, 0.05) is 5.39 Å². The van der Waals surface area contributed by atoms with Gasteiger partial charge in [-0.15, -0.1) is 0 Å². The van der Waals surface area contributed by atoms with Crippen LogP contribution in [0.15, 0.2) is 36.4 Å². The molecule has 0 fully saturated rings. The molecule has 0 aliphatic carbocycles. The highest BCUT2D eigenvalue weighted by Crippen LogP contribution is 2.25. The Morgan fingerprint density at radius 1 is 1.12 bits per heavy atom. The lowest BCUT2D eigenvalue weighted by Crippen LogP contribution is -2.34. The quantitative estimate of drug-likeness (QED) is 0.536. The molecule has 0 atom stereocenters. The van der Waals surface area contributed by atoms with E-state index in [0.29, 0.717) is 5.69 Å². The predicted octanol–water partition coefficient (Wildman–Crippen LogP) is 2.03. The standard InChI is InChI=1S/C14H12N3/c1-16-10(9-15)7-8-12-11-5-3-4-6-13(11)17(2)14(12)16/h3-8H,1-2H3/q+1. The largest absolute Gasteiger partial charge is 0.290 e. The molecule has 0 saturated carbocycles. The number of pyridine rings is 1. The lowest BCUT2D eigenvalue weighted by atomic mass is 10.2. The van der Waals surface area contributed by atoms with Crippen LogP contribution in [0, 0.1) is 11.3 Å². The summed E-state index contributed by atoms with van der Waals surface area (Å²) in [4.78, 5) is 0. The fourth-order valence-corrected chi connectivity index (χ4v) is 2.48. The number of hydrogen-bond acceptors (Lipinski definition) is 1. The van der Waals surface area contributed by atoms with E-state index < -0.39 is 0 Å². The first-order valence-electron chi connectivity index (χ1n) is 5.50. The third kappa shape index (κ3) is 1.18. The number of hydrogen-bond donors (Lipinski definition) is 0. The lowest BCUT2D eigenvalue weighted by Gasteiger charge is -1.97. The second kappa shape index (κ2) is 3.33. The number of benzene rings is 1. The Bertz CT molecular complexity index is 775. The highest BCUT2D eigenvalue weighted by atomic mass is 15.1. The Labute approximate surface area is 99.1 Å². The molecule has 0 saturated heterocycles. The molecule has 17 heavy (non-hydrogen) atoms. The number of nitrogens with zero attached hydrogens (tertiary/aromatic N) is 3. The Morgan fingerprint density at radius 2 is 1.88 bits per heavy atom. The zero-order valence-electron chi connectivity index (χ0n) is 9.81. The minimum atomic E-state index is 0.670. The van der Waals surface area contributed by atoms with Gasteiger partial charge in [-0.3, -0.25) is 0 Å². The average Bonchev–Trinajstić information content (AvgIpc) is 2.65. The maximum atomic E-state index is 9.06. The summed E-state index contributed by atoms with van der Waals surface area (Å²) in [7, 11) is 3.96. The molecule has 0 unspecified atom stereocenters. The smallest absolute Gasteiger partial charge is 0.229 e. The van der Waals surface area contributed by atoms with Gasteiger partial charge in [-0.25, -0.2) is 9.13 Å². The fourth-order valence-electron chi connectivity index (χ4n) is 2.48. The minimum absolute atomic E-state index is 0.670. The van der Waals surface area contributed by atoms with Crippen molar-refractivity contribution >= 4 is 21.9 Å². The number of nitriles is 1. The lowest BCUT2D eigenvalue weighted by molar-refractivity contribution is -0.650. The first kappa shape index (κ1) is 9.86. The number of aromatic nitrogens is 2. The van der Waals surface area contributed by atoms with E-state index in [1.807, 2.05) is 42.9 Å². The van der Waals surface area contributed by atoms with Crippen LogP contribution >= 0.6 is 0 Å². The molecule has 0 aliphatic heterocycles. The van der Waals surface area contributed by atoms with Crippen molar-refractivity contribution in [3.05, 3.63) is 42.1 Å². The summed E-state index contributed by atoms with van der Waals surface area (Å²) in [6.07, 6.45) is 0. The predicted molar refractivity (Wildman–Crippen MR) is 66.3 cm³/mol. The van der Waals surface area contributed by atoms with Crippen LogP contribution in [0.3, 0.4) is 0 Å². The number of fused-ring (bicyclic) bond motifs is 3. The van der Waals surface area contributed by atoms with Crippen LogP contribution in [-0.4, -0.2) is 4.57 Å². The van der Waals surface area contributed by atoms with Crippen LogP contribution in [0.4, 0.5) is 0 Å². The molecule has 0 spiro atoms. The van der Waals surface area contributed by atoms with Crippen molar-refractivity contribution in [2.24, 2.45) is 14.1 Å². The summed E-state index contributed by atoms with van der Waals surface area (Å²) >= 11 is 0. The van der Waals surface area contributed by atoms with E-state index in [4.69, 9.17) is 5.26 Å². The van der Waals surface area contributed by atoms with Crippen molar-refractivity contribution in [3.63, 3.8) is 0 Å². The molecule has 0 amide bonds. The van der Waals surface area contributed by atoms with Crippen molar-refractivity contribution in [1.29, 1.82) is 5.26 Å². The van der Waals surface area contributed by atoms with Gasteiger partial charge in [0.2, 0.25) is 5.69 Å². The second-order valence-corrected chi connectivity index (χ2v) is 4.20. The van der Waals surface area contributed by atoms with Crippen LogP contribution in [-0.2, 0) is 14.1 Å². The van der Waals surface area contributed by atoms with Crippen molar-refractivity contribution in [2.45, 2.75) is 0 Å². The van der Waals surface area contributed by atoms with Gasteiger partial charge in [-0.05, 0) is 24.3 Å². The van der Waals surface area contributed by atoms with E-state index in [1.54, 1.807) is 0 Å². The van der Waals surface area contributed by atoms with Gasteiger partial charge in [-0.1, -0.05) is 12.1 Å². The van der Waals surface area contributed by atoms with Crippen LogP contribution in [0.2, 0.25) is 0 Å². The number of aryl methyl sites for hydroxylation is 2. The van der Waals surface area contributed by atoms with E-state index in [9.17, 15) is 0 Å². The van der Waals surface area contributed by atoms with Gasteiger partial charge in [0.15, 0.2) is 0 Å². The third-order valence-electron chi connectivity index (χ3n) is 3.32. The molecule has 0 N–H and O–H groups in total. The van der Waals surface area contributed by atoms with Crippen molar-refractivity contribution < 1.29 is 4.57 Å². The Kier molecular flexibility index (Phi) is 1.93. The zero-order chi connectivity index (χ0) is 12.0. The maximum Gasteiger partial charge on any atom is 0.290 e. The third-order valence-corrected chi connectivity index (χ3v) is 3.32. The minimum Gasteiger partial charge on any atom is -0.229 e. The van der Waals surface area contributed by atoms with Gasteiger partial charge in [0.1, 0.15) is 11.6 Å². The average molecular weight is 222 g/mol. The van der Waals surface area contributed by atoms with Gasteiger partial charge in [0.05, 0.1) is 19.5 Å². The van der Waals surface area contributed by atoms with E-state index in [2.05, 4.69) is 22.8 Å². The topological polar surface area (TPSA) is 32.6 Å². The monoisotopic (exact) mass is 222 g/mol. The SMILES string of the molecule is Cn1c2ccccc2c2ccc(C#N)[n+](C)c21. The van der Waals surface area contributed by atoms with E-state index >= 15 is 0 Å². The van der Waals surface area contributed by atoms with Crippen molar-refractivity contribution in [3.8, 4) is 6.07 Å². The summed E-state index contributed by atoms with van der Waals surface area (Å²) in [5.41, 5.74) is 2.93. The number of para-hydroxylation sites is 1. The summed E-state index contributed by atoms with van der Waals surface area (Å²) in [5, 5.41) is 11.5. The van der Waals surface area contributed by atoms with Crippen LogP contribution in [0.25, 0.3) is 21.9 Å². The summed E-state index contributed by atoms with van der Waals surface area (Å²) in [5.74, 6) is 0. The molecule has 3 rings (SSSR count). The molecular formula is C14H12N3+. The van der Waals surface area contributed by atoms with Gasteiger partial charge < -0.3 is 0 Å². The highest BCUT2D eigenvalue weighted by molar-refractivity contribution is 6.05. The molecule has 82 valence electrons. The first-order valence-corrected chi connectivity index (χ1v) is 5.50. The summed E-state index contributed by atoms with van der Waals surface area (Å²) < 4.78 is 4.07. The molecule has 0 radical (unpaired) electrons. The van der Waals surface area contributed by atoms with E-state index in [1.165, 1.54) is 16.3 Å². The second-order valence-electron chi connectivity index (χ2n) is 4.20. The molecule has 2 aromatic heterocycles. The summed E-state index contributed by atoms with van der Waals surface area (Å²) in [6, 6.07) is 14.4.